The van der Waals surface area contributed by atoms with Crippen LogP contribution in [0.1, 0.15) is 26.7 Å². The maximum absolute atomic E-state index is 5.78. The van der Waals surface area contributed by atoms with Crippen molar-refractivity contribution in [2.75, 3.05) is 53.4 Å². The SMILES string of the molecule is CN=C(NCC1CN(C)CCO1)NC1CCN(C(C)C)CC1. The maximum Gasteiger partial charge on any atom is 0.191 e. The van der Waals surface area contributed by atoms with Gasteiger partial charge in [0.25, 0.3) is 0 Å². The van der Waals surface area contributed by atoms with Crippen LogP contribution in [0.25, 0.3) is 0 Å². The molecule has 2 aliphatic heterocycles. The number of piperidine rings is 1. The van der Waals surface area contributed by atoms with Crippen LogP contribution in [0.2, 0.25) is 0 Å². The normalized spacial score (nSPS) is 26.4. The molecule has 1 unspecified atom stereocenters. The molecule has 2 rings (SSSR count). The third-order valence-corrected chi connectivity index (χ3v) is 4.66. The second-order valence-corrected chi connectivity index (χ2v) is 6.76. The van der Waals surface area contributed by atoms with Crippen molar-refractivity contribution in [3.8, 4) is 0 Å². The third kappa shape index (κ3) is 5.41. The van der Waals surface area contributed by atoms with E-state index in [9.17, 15) is 0 Å². The van der Waals surface area contributed by atoms with Crippen molar-refractivity contribution < 1.29 is 4.74 Å². The zero-order valence-corrected chi connectivity index (χ0v) is 14.6. The average Bonchev–Trinajstić information content (AvgIpc) is 2.52. The van der Waals surface area contributed by atoms with Crippen molar-refractivity contribution in [3.63, 3.8) is 0 Å². The largest absolute Gasteiger partial charge is 0.374 e. The van der Waals surface area contributed by atoms with Gasteiger partial charge < -0.3 is 25.2 Å². The summed E-state index contributed by atoms with van der Waals surface area (Å²) in [5, 5.41) is 6.97. The number of rotatable bonds is 4. The highest BCUT2D eigenvalue weighted by Gasteiger charge is 2.22. The van der Waals surface area contributed by atoms with E-state index >= 15 is 0 Å². The molecule has 22 heavy (non-hydrogen) atoms. The second kappa shape index (κ2) is 8.70. The number of likely N-dealkylation sites (tertiary alicyclic amines) is 1. The van der Waals surface area contributed by atoms with Gasteiger partial charge in [-0.15, -0.1) is 0 Å². The second-order valence-electron chi connectivity index (χ2n) is 6.76. The molecule has 0 bridgehead atoms. The molecule has 6 heteroatoms. The van der Waals surface area contributed by atoms with Gasteiger partial charge in [-0.1, -0.05) is 0 Å². The van der Waals surface area contributed by atoms with Crippen LogP contribution < -0.4 is 10.6 Å². The Morgan fingerprint density at radius 2 is 2.00 bits per heavy atom. The number of likely N-dealkylation sites (N-methyl/N-ethyl adjacent to an activating group) is 1. The summed E-state index contributed by atoms with van der Waals surface area (Å²) in [5.41, 5.74) is 0. The van der Waals surface area contributed by atoms with Gasteiger partial charge in [-0.05, 0) is 33.7 Å². The molecule has 2 saturated heterocycles. The predicted molar refractivity (Wildman–Crippen MR) is 91.5 cm³/mol. The summed E-state index contributed by atoms with van der Waals surface area (Å²) in [4.78, 5) is 9.21. The number of aliphatic imine (C=N–C) groups is 1. The van der Waals surface area contributed by atoms with Gasteiger partial charge in [-0.2, -0.15) is 0 Å². The van der Waals surface area contributed by atoms with Crippen LogP contribution >= 0.6 is 0 Å². The van der Waals surface area contributed by atoms with E-state index in [4.69, 9.17) is 4.74 Å². The van der Waals surface area contributed by atoms with Crippen LogP contribution in [0.3, 0.4) is 0 Å². The van der Waals surface area contributed by atoms with Gasteiger partial charge in [0.05, 0.1) is 12.7 Å². The summed E-state index contributed by atoms with van der Waals surface area (Å²) in [6.45, 7) is 10.5. The lowest BCUT2D eigenvalue weighted by Gasteiger charge is -2.35. The van der Waals surface area contributed by atoms with Crippen LogP contribution in [0, 0.1) is 0 Å². The lowest BCUT2D eigenvalue weighted by atomic mass is 10.0. The fourth-order valence-corrected chi connectivity index (χ4v) is 3.15. The van der Waals surface area contributed by atoms with E-state index in [2.05, 4.69) is 46.3 Å². The first kappa shape index (κ1) is 17.5. The quantitative estimate of drug-likeness (QED) is 0.580. The van der Waals surface area contributed by atoms with Crippen molar-refractivity contribution in [1.29, 1.82) is 0 Å². The lowest BCUT2D eigenvalue weighted by Crippen LogP contribution is -2.52. The molecule has 2 aliphatic rings. The molecule has 6 nitrogen and oxygen atoms in total. The van der Waals surface area contributed by atoms with Crippen LogP contribution in [-0.4, -0.2) is 87.4 Å². The Balaban J connectivity index is 1.69. The van der Waals surface area contributed by atoms with E-state index in [1.165, 1.54) is 25.9 Å². The maximum atomic E-state index is 5.78. The minimum Gasteiger partial charge on any atom is -0.374 e. The van der Waals surface area contributed by atoms with Crippen LogP contribution in [0.4, 0.5) is 0 Å². The summed E-state index contributed by atoms with van der Waals surface area (Å²) in [5.74, 6) is 0.903. The Labute approximate surface area is 135 Å². The molecule has 2 heterocycles. The van der Waals surface area contributed by atoms with E-state index in [0.717, 1.165) is 32.2 Å². The highest BCUT2D eigenvalue weighted by atomic mass is 16.5. The fraction of sp³-hybridized carbons (Fsp3) is 0.938. The number of hydrogen-bond acceptors (Lipinski definition) is 4. The Morgan fingerprint density at radius 1 is 1.27 bits per heavy atom. The Morgan fingerprint density at radius 3 is 2.59 bits per heavy atom. The van der Waals surface area contributed by atoms with Gasteiger partial charge in [0.15, 0.2) is 5.96 Å². The molecule has 0 radical (unpaired) electrons. The molecule has 128 valence electrons. The van der Waals surface area contributed by atoms with E-state index in [1.54, 1.807) is 0 Å². The van der Waals surface area contributed by atoms with Crippen molar-refractivity contribution in [3.05, 3.63) is 0 Å². The molecule has 0 saturated carbocycles. The van der Waals surface area contributed by atoms with Gasteiger partial charge in [0, 0.05) is 51.9 Å². The first-order valence-electron chi connectivity index (χ1n) is 8.60. The van der Waals surface area contributed by atoms with Crippen molar-refractivity contribution in [2.24, 2.45) is 4.99 Å². The van der Waals surface area contributed by atoms with Crippen molar-refractivity contribution >= 4 is 5.96 Å². The minimum absolute atomic E-state index is 0.250. The third-order valence-electron chi connectivity index (χ3n) is 4.66. The Hall–Kier alpha value is -0.850. The van der Waals surface area contributed by atoms with Gasteiger partial charge in [0.1, 0.15) is 0 Å². The van der Waals surface area contributed by atoms with Crippen molar-refractivity contribution in [2.45, 2.75) is 44.9 Å². The van der Waals surface area contributed by atoms with Gasteiger partial charge in [-0.25, -0.2) is 0 Å². The average molecular weight is 311 g/mol. The smallest absolute Gasteiger partial charge is 0.191 e. The van der Waals surface area contributed by atoms with Crippen LogP contribution in [-0.2, 0) is 4.74 Å². The summed E-state index contributed by atoms with van der Waals surface area (Å²) >= 11 is 0. The number of nitrogens with one attached hydrogen (secondary N) is 2. The zero-order chi connectivity index (χ0) is 15.9. The Kier molecular flexibility index (Phi) is 6.92. The van der Waals surface area contributed by atoms with E-state index < -0.39 is 0 Å². The van der Waals surface area contributed by atoms with E-state index in [1.807, 2.05) is 7.05 Å². The molecular formula is C16H33N5O. The first-order valence-corrected chi connectivity index (χ1v) is 8.60. The molecule has 0 aromatic heterocycles. The first-order chi connectivity index (χ1) is 10.6. The van der Waals surface area contributed by atoms with E-state index in [0.29, 0.717) is 12.1 Å². The van der Waals surface area contributed by atoms with Gasteiger partial charge >= 0.3 is 0 Å². The number of ether oxygens (including phenoxy) is 1. The molecule has 0 aliphatic carbocycles. The molecule has 1 atom stereocenters. The van der Waals surface area contributed by atoms with E-state index in [-0.39, 0.29) is 6.10 Å². The lowest BCUT2D eigenvalue weighted by molar-refractivity contribution is -0.0161. The van der Waals surface area contributed by atoms with Crippen LogP contribution in [0.15, 0.2) is 4.99 Å². The standard InChI is InChI=1S/C16H33N5O/c1-13(2)21-7-5-14(6-8-21)19-16(17-3)18-11-15-12-20(4)9-10-22-15/h13-15H,5-12H2,1-4H3,(H2,17,18,19). The monoisotopic (exact) mass is 311 g/mol. The van der Waals surface area contributed by atoms with Crippen molar-refractivity contribution in [1.82, 2.24) is 20.4 Å². The fourth-order valence-electron chi connectivity index (χ4n) is 3.15. The molecule has 0 amide bonds. The number of hydrogen-bond donors (Lipinski definition) is 2. The molecule has 2 N–H and O–H groups in total. The molecule has 0 aromatic carbocycles. The topological polar surface area (TPSA) is 52.1 Å². The summed E-state index contributed by atoms with van der Waals surface area (Å²) in [7, 11) is 3.98. The zero-order valence-electron chi connectivity index (χ0n) is 14.6. The molecule has 0 spiro atoms. The number of nitrogens with zero attached hydrogens (tertiary/aromatic N) is 3. The van der Waals surface area contributed by atoms with Gasteiger partial charge in [-0.3, -0.25) is 4.99 Å². The Bertz CT molecular complexity index is 352. The van der Waals surface area contributed by atoms with Gasteiger partial charge in [0.2, 0.25) is 0 Å². The summed E-state index contributed by atoms with van der Waals surface area (Å²) < 4.78 is 5.78. The highest BCUT2D eigenvalue weighted by molar-refractivity contribution is 5.80. The van der Waals surface area contributed by atoms with Crippen LogP contribution in [0.5, 0.6) is 0 Å². The molecule has 0 aromatic rings. The number of guanidine groups is 1. The minimum atomic E-state index is 0.250. The predicted octanol–water partition coefficient (Wildman–Crippen LogP) is 0.355. The highest BCUT2D eigenvalue weighted by Crippen LogP contribution is 2.12. The summed E-state index contributed by atoms with van der Waals surface area (Å²) in [6.07, 6.45) is 2.61. The molecule has 2 fully saturated rings. The molecular weight excluding hydrogens is 278 g/mol. The summed E-state index contributed by atoms with van der Waals surface area (Å²) in [6, 6.07) is 1.18. The number of morpholine rings is 1.